The zero-order chi connectivity index (χ0) is 16.0. The molecule has 118 valence electrons. The normalized spacial score (nSPS) is 10.9. The first kappa shape index (κ1) is 17.2. The lowest BCUT2D eigenvalue weighted by Crippen LogP contribution is -2.28. The second-order valence-corrected chi connectivity index (χ2v) is 5.28. The zero-order valence-corrected chi connectivity index (χ0v) is 13.3. The van der Waals surface area contributed by atoms with Crippen LogP contribution in [0.4, 0.5) is 0 Å². The van der Waals surface area contributed by atoms with E-state index in [0.29, 0.717) is 24.6 Å². The number of nitrogens with zero attached hydrogens (tertiary/aromatic N) is 3. The Labute approximate surface area is 125 Å². The first-order valence-electron chi connectivity index (χ1n) is 7.43. The molecule has 21 heavy (non-hydrogen) atoms. The number of aromatic nitrogens is 2. The molecule has 6 heteroatoms. The van der Waals surface area contributed by atoms with E-state index in [1.807, 2.05) is 11.6 Å². The first-order valence-corrected chi connectivity index (χ1v) is 7.43. The van der Waals surface area contributed by atoms with Gasteiger partial charge in [-0.2, -0.15) is 5.10 Å². The van der Waals surface area contributed by atoms with Crippen LogP contribution in [0.25, 0.3) is 0 Å². The molecule has 0 saturated carbocycles. The highest BCUT2D eigenvalue weighted by molar-refractivity contribution is 5.94. The predicted octanol–water partition coefficient (Wildman–Crippen LogP) is 2.49. The summed E-state index contributed by atoms with van der Waals surface area (Å²) in [5.74, 6) is -0.941. The Bertz CT molecular complexity index is 492. The average molecular weight is 295 g/mol. The molecule has 0 aromatic carbocycles. The van der Waals surface area contributed by atoms with Crippen LogP contribution in [0.3, 0.4) is 0 Å². The quantitative estimate of drug-likeness (QED) is 0.799. The van der Waals surface area contributed by atoms with Gasteiger partial charge >= 0.3 is 5.97 Å². The Balaban J connectivity index is 2.76. The summed E-state index contributed by atoms with van der Waals surface area (Å²) < 4.78 is 1.92. The van der Waals surface area contributed by atoms with Gasteiger partial charge in [-0.25, -0.2) is 0 Å². The van der Waals surface area contributed by atoms with Crippen LogP contribution in [0, 0.1) is 6.92 Å². The van der Waals surface area contributed by atoms with Gasteiger partial charge in [-0.05, 0) is 26.2 Å². The average Bonchev–Trinajstić information content (AvgIpc) is 2.81. The summed E-state index contributed by atoms with van der Waals surface area (Å²) >= 11 is 0. The van der Waals surface area contributed by atoms with Gasteiger partial charge in [0.2, 0.25) is 0 Å². The van der Waals surface area contributed by atoms with Gasteiger partial charge < -0.3 is 10.0 Å². The van der Waals surface area contributed by atoms with Crippen molar-refractivity contribution >= 4 is 11.9 Å². The van der Waals surface area contributed by atoms with Crippen LogP contribution in [0.1, 0.15) is 61.6 Å². The van der Waals surface area contributed by atoms with Crippen molar-refractivity contribution in [2.75, 3.05) is 13.6 Å². The monoisotopic (exact) mass is 295 g/mol. The summed E-state index contributed by atoms with van der Waals surface area (Å²) in [7, 11) is 1.69. The van der Waals surface area contributed by atoms with Crippen LogP contribution in [0.15, 0.2) is 6.20 Å². The summed E-state index contributed by atoms with van der Waals surface area (Å²) in [6, 6.07) is 0.309. The van der Waals surface area contributed by atoms with Crippen molar-refractivity contribution in [1.29, 1.82) is 0 Å². The number of rotatable bonds is 8. The summed E-state index contributed by atoms with van der Waals surface area (Å²) in [5.41, 5.74) is 1.47. The van der Waals surface area contributed by atoms with E-state index in [4.69, 9.17) is 5.11 Å². The van der Waals surface area contributed by atoms with Crippen LogP contribution in [0.5, 0.6) is 0 Å². The van der Waals surface area contributed by atoms with E-state index >= 15 is 0 Å². The third-order valence-corrected chi connectivity index (χ3v) is 3.79. The van der Waals surface area contributed by atoms with Crippen LogP contribution in [-0.2, 0) is 4.79 Å². The summed E-state index contributed by atoms with van der Waals surface area (Å²) in [5, 5.41) is 13.0. The molecule has 1 aromatic heterocycles. The second-order valence-electron chi connectivity index (χ2n) is 5.28. The predicted molar refractivity (Wildman–Crippen MR) is 80.4 cm³/mol. The highest BCUT2D eigenvalue weighted by Crippen LogP contribution is 2.20. The van der Waals surface area contributed by atoms with Crippen molar-refractivity contribution in [3.05, 3.63) is 17.5 Å². The fourth-order valence-corrected chi connectivity index (χ4v) is 2.41. The van der Waals surface area contributed by atoms with E-state index in [1.54, 1.807) is 18.1 Å². The Kier molecular flexibility index (Phi) is 6.39. The van der Waals surface area contributed by atoms with Crippen LogP contribution < -0.4 is 0 Å². The number of carbonyl (C=O) groups excluding carboxylic acids is 1. The molecule has 0 unspecified atom stereocenters. The lowest BCUT2D eigenvalue weighted by atomic mass is 10.1. The number of carbonyl (C=O) groups is 2. The maximum absolute atomic E-state index is 12.4. The largest absolute Gasteiger partial charge is 0.481 e. The maximum atomic E-state index is 12.4. The molecule has 0 fully saturated rings. The first-order chi connectivity index (χ1) is 9.92. The fraction of sp³-hybridized carbons (Fsp3) is 0.667. The molecule has 0 radical (unpaired) electrons. The number of hydrogen-bond acceptors (Lipinski definition) is 3. The van der Waals surface area contributed by atoms with Gasteiger partial charge in [-0.1, -0.05) is 13.8 Å². The van der Waals surface area contributed by atoms with E-state index in [-0.39, 0.29) is 12.3 Å². The van der Waals surface area contributed by atoms with Crippen molar-refractivity contribution in [3.8, 4) is 0 Å². The lowest BCUT2D eigenvalue weighted by molar-refractivity contribution is -0.137. The third kappa shape index (κ3) is 4.31. The standard InChI is InChI=1S/C15H25N3O3/c1-5-12(6-2)18-11(3)13(10-16-18)15(21)17(4)9-7-8-14(19)20/h10,12H,5-9H2,1-4H3,(H,19,20). The minimum atomic E-state index is -0.839. The van der Waals surface area contributed by atoms with Crippen molar-refractivity contribution in [3.63, 3.8) is 0 Å². The van der Waals surface area contributed by atoms with Gasteiger partial charge in [0.05, 0.1) is 17.8 Å². The molecule has 1 heterocycles. The van der Waals surface area contributed by atoms with Crippen molar-refractivity contribution in [1.82, 2.24) is 14.7 Å². The lowest BCUT2D eigenvalue weighted by Gasteiger charge is -2.18. The van der Waals surface area contributed by atoms with E-state index in [0.717, 1.165) is 18.5 Å². The summed E-state index contributed by atoms with van der Waals surface area (Å²) in [6.45, 7) is 6.55. The molecule has 1 N–H and O–H groups in total. The van der Waals surface area contributed by atoms with Gasteiger partial charge in [0.15, 0.2) is 0 Å². The minimum absolute atomic E-state index is 0.0730. The van der Waals surface area contributed by atoms with Crippen molar-refractivity contribution < 1.29 is 14.7 Å². The molecular weight excluding hydrogens is 270 g/mol. The summed E-state index contributed by atoms with van der Waals surface area (Å²) in [6.07, 6.45) is 4.09. The molecule has 0 aliphatic carbocycles. The number of carboxylic acids is 1. The smallest absolute Gasteiger partial charge is 0.303 e. The highest BCUT2D eigenvalue weighted by atomic mass is 16.4. The van der Waals surface area contributed by atoms with Gasteiger partial charge in [0, 0.05) is 25.7 Å². The molecule has 0 atom stereocenters. The Morgan fingerprint density at radius 3 is 2.52 bits per heavy atom. The van der Waals surface area contributed by atoms with E-state index in [2.05, 4.69) is 18.9 Å². The van der Waals surface area contributed by atoms with Crippen molar-refractivity contribution in [2.45, 2.75) is 52.5 Å². The van der Waals surface area contributed by atoms with Crippen molar-refractivity contribution in [2.24, 2.45) is 0 Å². The number of carboxylic acid groups (broad SMARTS) is 1. The Morgan fingerprint density at radius 1 is 1.38 bits per heavy atom. The molecule has 0 saturated heterocycles. The number of hydrogen-bond donors (Lipinski definition) is 1. The molecular formula is C15H25N3O3. The number of amides is 1. The Morgan fingerprint density at radius 2 is 2.00 bits per heavy atom. The van der Waals surface area contributed by atoms with Crippen LogP contribution in [0.2, 0.25) is 0 Å². The molecule has 0 bridgehead atoms. The molecule has 1 amide bonds. The molecule has 6 nitrogen and oxygen atoms in total. The molecule has 1 rings (SSSR count). The Hall–Kier alpha value is -1.85. The SMILES string of the molecule is CCC(CC)n1ncc(C(=O)N(C)CCCC(=O)O)c1C. The topological polar surface area (TPSA) is 75.4 Å². The second kappa shape index (κ2) is 7.81. The van der Waals surface area contributed by atoms with E-state index in [1.165, 1.54) is 0 Å². The third-order valence-electron chi connectivity index (χ3n) is 3.79. The molecule has 0 aliphatic heterocycles. The van der Waals surface area contributed by atoms with E-state index < -0.39 is 5.97 Å². The molecule has 0 aliphatic rings. The molecule has 1 aromatic rings. The van der Waals surface area contributed by atoms with Crippen LogP contribution in [-0.4, -0.2) is 45.3 Å². The van der Waals surface area contributed by atoms with Gasteiger partial charge in [0.25, 0.3) is 5.91 Å². The van der Waals surface area contributed by atoms with E-state index in [9.17, 15) is 9.59 Å². The van der Waals surface area contributed by atoms with Gasteiger partial charge in [-0.3, -0.25) is 14.3 Å². The fourth-order valence-electron chi connectivity index (χ4n) is 2.41. The zero-order valence-electron chi connectivity index (χ0n) is 13.3. The van der Waals surface area contributed by atoms with Gasteiger partial charge in [-0.15, -0.1) is 0 Å². The number of aliphatic carboxylic acids is 1. The minimum Gasteiger partial charge on any atom is -0.481 e. The van der Waals surface area contributed by atoms with Gasteiger partial charge in [0.1, 0.15) is 0 Å². The van der Waals surface area contributed by atoms with Crippen LogP contribution >= 0.6 is 0 Å². The highest BCUT2D eigenvalue weighted by Gasteiger charge is 2.20. The molecule has 0 spiro atoms. The maximum Gasteiger partial charge on any atom is 0.303 e. The summed E-state index contributed by atoms with van der Waals surface area (Å²) in [4.78, 5) is 24.4.